The summed E-state index contributed by atoms with van der Waals surface area (Å²) in [5.74, 6) is -0.715. The number of amides is 2. The van der Waals surface area contributed by atoms with Crippen LogP contribution in [0.5, 0.6) is 5.75 Å². The van der Waals surface area contributed by atoms with Crippen LogP contribution in [0.3, 0.4) is 0 Å². The van der Waals surface area contributed by atoms with Gasteiger partial charge in [0.1, 0.15) is 17.4 Å². The van der Waals surface area contributed by atoms with E-state index in [1.807, 2.05) is 24.3 Å². The largest absolute Gasteiger partial charge is 0.497 e. The van der Waals surface area contributed by atoms with Gasteiger partial charge < -0.3 is 15.0 Å². The quantitative estimate of drug-likeness (QED) is 0.908. The van der Waals surface area contributed by atoms with E-state index in [1.165, 1.54) is 6.07 Å². The molecule has 0 aromatic heterocycles. The van der Waals surface area contributed by atoms with E-state index < -0.39 is 11.6 Å². The fourth-order valence-corrected chi connectivity index (χ4v) is 2.96. The van der Waals surface area contributed by atoms with Gasteiger partial charge in [-0.3, -0.25) is 0 Å². The van der Waals surface area contributed by atoms with Gasteiger partial charge >= 0.3 is 6.03 Å². The van der Waals surface area contributed by atoms with Crippen LogP contribution in [0.15, 0.2) is 42.5 Å². The minimum absolute atomic E-state index is 0.0261. The molecule has 126 valence electrons. The molecule has 1 aliphatic heterocycles. The number of nitrogens with zero attached hydrogens (tertiary/aromatic N) is 1. The second kappa shape index (κ2) is 6.86. The lowest BCUT2D eigenvalue weighted by Crippen LogP contribution is -2.34. The van der Waals surface area contributed by atoms with E-state index in [2.05, 4.69) is 5.32 Å². The lowest BCUT2D eigenvalue weighted by Gasteiger charge is -2.25. The summed E-state index contributed by atoms with van der Waals surface area (Å²) in [6.45, 7) is 0.589. The second-order valence-corrected chi connectivity index (χ2v) is 5.68. The van der Waals surface area contributed by atoms with Gasteiger partial charge in [-0.15, -0.1) is 0 Å². The van der Waals surface area contributed by atoms with E-state index in [-0.39, 0.29) is 17.8 Å². The molecule has 24 heavy (non-hydrogen) atoms. The number of hydrogen-bond donors (Lipinski definition) is 1. The van der Waals surface area contributed by atoms with E-state index >= 15 is 0 Å². The molecule has 1 atom stereocenters. The standard InChI is InChI=1S/C18H18F2N2O2/c1-24-14-7-4-12(5-8-14)17-3-2-10-22(17)18(23)21-16-9-6-13(19)11-15(16)20/h4-9,11,17H,2-3,10H2,1H3,(H,21,23)/t17-/m0/s1. The Kier molecular flexibility index (Phi) is 4.64. The minimum atomic E-state index is -0.788. The van der Waals surface area contributed by atoms with E-state index in [0.717, 1.165) is 36.3 Å². The zero-order chi connectivity index (χ0) is 17.1. The van der Waals surface area contributed by atoms with Crippen molar-refractivity contribution in [2.45, 2.75) is 18.9 Å². The van der Waals surface area contributed by atoms with Crippen molar-refractivity contribution in [3.05, 3.63) is 59.7 Å². The molecule has 0 radical (unpaired) electrons. The SMILES string of the molecule is COc1ccc([C@@H]2CCCN2C(=O)Nc2ccc(F)cc2F)cc1. The van der Waals surface area contributed by atoms with Gasteiger partial charge in [0.15, 0.2) is 0 Å². The molecule has 3 rings (SSSR count). The fourth-order valence-electron chi connectivity index (χ4n) is 2.96. The van der Waals surface area contributed by atoms with E-state index in [9.17, 15) is 13.6 Å². The first-order valence-corrected chi connectivity index (χ1v) is 7.75. The molecule has 0 aliphatic carbocycles. The lowest BCUT2D eigenvalue weighted by atomic mass is 10.0. The Bertz CT molecular complexity index is 734. The van der Waals surface area contributed by atoms with Gasteiger partial charge in [0, 0.05) is 12.6 Å². The molecule has 0 unspecified atom stereocenters. The van der Waals surface area contributed by atoms with E-state index in [0.29, 0.717) is 6.54 Å². The van der Waals surface area contributed by atoms with Crippen molar-refractivity contribution >= 4 is 11.7 Å². The average molecular weight is 332 g/mol. The predicted octanol–water partition coefficient (Wildman–Crippen LogP) is 4.34. The molecular formula is C18H18F2N2O2. The Morgan fingerprint density at radius 2 is 1.96 bits per heavy atom. The van der Waals surface area contributed by atoms with Crippen molar-refractivity contribution in [1.82, 2.24) is 4.90 Å². The number of carbonyl (C=O) groups excluding carboxylic acids is 1. The molecule has 6 heteroatoms. The summed E-state index contributed by atoms with van der Waals surface area (Å²) >= 11 is 0. The monoisotopic (exact) mass is 332 g/mol. The van der Waals surface area contributed by atoms with Crippen LogP contribution < -0.4 is 10.1 Å². The maximum Gasteiger partial charge on any atom is 0.322 e. The maximum absolute atomic E-state index is 13.7. The summed E-state index contributed by atoms with van der Waals surface area (Å²) in [6.07, 6.45) is 1.71. The lowest BCUT2D eigenvalue weighted by molar-refractivity contribution is 0.207. The number of hydrogen-bond acceptors (Lipinski definition) is 2. The highest BCUT2D eigenvalue weighted by Crippen LogP contribution is 2.33. The molecule has 2 amide bonds. The number of benzene rings is 2. The van der Waals surface area contributed by atoms with Gasteiger partial charge in [-0.2, -0.15) is 0 Å². The van der Waals surface area contributed by atoms with Crippen molar-refractivity contribution in [3.63, 3.8) is 0 Å². The molecule has 2 aromatic carbocycles. The summed E-state index contributed by atoms with van der Waals surface area (Å²) in [5.41, 5.74) is 0.977. The van der Waals surface area contributed by atoms with Crippen molar-refractivity contribution in [2.24, 2.45) is 0 Å². The number of rotatable bonds is 3. The molecule has 1 fully saturated rings. The number of halogens is 2. The van der Waals surface area contributed by atoms with Crippen LogP contribution in [0.4, 0.5) is 19.3 Å². The summed E-state index contributed by atoms with van der Waals surface area (Å²) in [7, 11) is 1.60. The summed E-state index contributed by atoms with van der Waals surface area (Å²) in [4.78, 5) is 14.2. The normalized spacial score (nSPS) is 17.0. The third-order valence-corrected chi connectivity index (χ3v) is 4.19. The number of urea groups is 1. The zero-order valence-electron chi connectivity index (χ0n) is 13.3. The number of anilines is 1. The predicted molar refractivity (Wildman–Crippen MR) is 87.1 cm³/mol. The van der Waals surface area contributed by atoms with Crippen molar-refractivity contribution in [3.8, 4) is 5.75 Å². The topological polar surface area (TPSA) is 41.6 Å². The Morgan fingerprint density at radius 1 is 1.21 bits per heavy atom. The van der Waals surface area contributed by atoms with Gasteiger partial charge in [-0.05, 0) is 42.7 Å². The van der Waals surface area contributed by atoms with Gasteiger partial charge in [0.25, 0.3) is 0 Å². The molecule has 2 aromatic rings. The third-order valence-electron chi connectivity index (χ3n) is 4.19. The summed E-state index contributed by atoms with van der Waals surface area (Å²) in [5, 5.41) is 2.52. The van der Waals surface area contributed by atoms with Gasteiger partial charge in [-0.1, -0.05) is 12.1 Å². The third kappa shape index (κ3) is 3.32. The van der Waals surface area contributed by atoms with Gasteiger partial charge in [0.05, 0.1) is 18.8 Å². The van der Waals surface area contributed by atoms with Crippen LogP contribution in [0.1, 0.15) is 24.4 Å². The molecule has 1 saturated heterocycles. The highest BCUT2D eigenvalue weighted by Gasteiger charge is 2.30. The van der Waals surface area contributed by atoms with E-state index in [1.54, 1.807) is 12.0 Å². The fraction of sp³-hybridized carbons (Fsp3) is 0.278. The minimum Gasteiger partial charge on any atom is -0.497 e. The zero-order valence-corrected chi connectivity index (χ0v) is 13.3. The Balaban J connectivity index is 1.75. The molecule has 4 nitrogen and oxygen atoms in total. The highest BCUT2D eigenvalue weighted by atomic mass is 19.1. The molecular weight excluding hydrogens is 314 g/mol. The van der Waals surface area contributed by atoms with Crippen molar-refractivity contribution in [2.75, 3.05) is 19.0 Å². The van der Waals surface area contributed by atoms with Gasteiger partial charge in [-0.25, -0.2) is 13.6 Å². The Hall–Kier alpha value is -2.63. The van der Waals surface area contributed by atoms with Crippen LogP contribution in [-0.2, 0) is 0 Å². The molecule has 1 N–H and O–H groups in total. The Morgan fingerprint density at radius 3 is 2.62 bits per heavy atom. The average Bonchev–Trinajstić information content (AvgIpc) is 3.07. The first kappa shape index (κ1) is 16.2. The van der Waals surface area contributed by atoms with Gasteiger partial charge in [0.2, 0.25) is 0 Å². The van der Waals surface area contributed by atoms with Crippen LogP contribution in [0.25, 0.3) is 0 Å². The smallest absolute Gasteiger partial charge is 0.322 e. The first-order chi connectivity index (χ1) is 11.6. The van der Waals surface area contributed by atoms with Crippen LogP contribution in [0, 0.1) is 11.6 Å². The summed E-state index contributed by atoms with van der Waals surface area (Å²) in [6, 6.07) is 10.2. The highest BCUT2D eigenvalue weighted by molar-refractivity contribution is 5.90. The molecule has 1 aliphatic rings. The van der Waals surface area contributed by atoms with Crippen LogP contribution in [-0.4, -0.2) is 24.6 Å². The number of likely N-dealkylation sites (tertiary alicyclic amines) is 1. The van der Waals surface area contributed by atoms with Crippen LogP contribution >= 0.6 is 0 Å². The summed E-state index contributed by atoms with van der Waals surface area (Å²) < 4.78 is 31.8. The number of carbonyl (C=O) groups is 1. The maximum atomic E-state index is 13.7. The first-order valence-electron chi connectivity index (χ1n) is 7.75. The number of nitrogens with one attached hydrogen (secondary N) is 1. The molecule has 0 spiro atoms. The number of methoxy groups -OCH3 is 1. The molecule has 0 saturated carbocycles. The molecule has 1 heterocycles. The van der Waals surface area contributed by atoms with Crippen molar-refractivity contribution in [1.29, 1.82) is 0 Å². The Labute approximate surface area is 139 Å². The second-order valence-electron chi connectivity index (χ2n) is 5.68. The van der Waals surface area contributed by atoms with Crippen LogP contribution in [0.2, 0.25) is 0 Å². The number of ether oxygens (including phenoxy) is 1. The van der Waals surface area contributed by atoms with Crippen molar-refractivity contribution < 1.29 is 18.3 Å². The molecule has 0 bridgehead atoms. The van der Waals surface area contributed by atoms with E-state index in [4.69, 9.17) is 4.74 Å².